The van der Waals surface area contributed by atoms with E-state index < -0.39 is 8.07 Å². The summed E-state index contributed by atoms with van der Waals surface area (Å²) >= 11 is 0. The number of hydrogen-bond acceptors (Lipinski definition) is 3. The van der Waals surface area contributed by atoms with Gasteiger partial charge in [-0.1, -0.05) is 248 Å². The smallest absolute Gasteiger partial charge is 0.251 e. The third-order valence-corrected chi connectivity index (χ3v) is 21.9. The van der Waals surface area contributed by atoms with Gasteiger partial charge in [0.15, 0.2) is 8.07 Å². The average molecular weight is 1030 g/mol. The van der Waals surface area contributed by atoms with Gasteiger partial charge in [0.1, 0.15) is 0 Å². The van der Waals surface area contributed by atoms with Gasteiger partial charge in [0, 0.05) is 45.3 Å². The SMILES string of the molecule is CC(C)(C)c1ccc(-c2ccccc2N2c3cc(N(c4ccccc4)c4ccccc4)cc4c3B3c5c2cccc5[Si](c2ccccc2)(c2ccccc2)c2cccc(c23)N4c2ccccc2-c2ccc(C(C)(C)C)cc2)cc1. The zero-order valence-electron chi connectivity index (χ0n) is 45.8. The molecule has 0 amide bonds. The van der Waals surface area contributed by atoms with Crippen LogP contribution in [-0.2, 0) is 10.8 Å². The second-order valence-electron chi connectivity index (χ2n) is 23.7. The van der Waals surface area contributed by atoms with Gasteiger partial charge in [-0.3, -0.25) is 0 Å². The highest BCUT2D eigenvalue weighted by Gasteiger charge is 2.56. The Kier molecular flexibility index (Phi) is 11.4. The Morgan fingerprint density at radius 1 is 0.316 bits per heavy atom. The van der Waals surface area contributed by atoms with E-state index in [9.17, 15) is 0 Å². The monoisotopic (exact) mass is 1030 g/mol. The Hall–Kier alpha value is -8.90. The lowest BCUT2D eigenvalue weighted by Crippen LogP contribution is -2.88. The summed E-state index contributed by atoms with van der Waals surface area (Å²) in [5.41, 5.74) is 21.9. The maximum absolute atomic E-state index is 3.10. The van der Waals surface area contributed by atoms with Crippen LogP contribution >= 0.6 is 0 Å². The van der Waals surface area contributed by atoms with Crippen LogP contribution in [0, 0.1) is 0 Å². The summed E-state index contributed by atoms with van der Waals surface area (Å²) in [6.45, 7) is 13.7. The molecule has 14 rings (SSSR count). The van der Waals surface area contributed by atoms with E-state index in [-0.39, 0.29) is 17.5 Å². The van der Waals surface area contributed by atoms with Gasteiger partial charge in [0.25, 0.3) is 6.71 Å². The van der Waals surface area contributed by atoms with E-state index in [1.54, 1.807) is 0 Å². The van der Waals surface area contributed by atoms with Crippen molar-refractivity contribution in [2.75, 3.05) is 14.7 Å². The minimum atomic E-state index is -3.10. The molecule has 79 heavy (non-hydrogen) atoms. The van der Waals surface area contributed by atoms with Crippen LogP contribution in [-0.4, -0.2) is 14.8 Å². The molecular formula is C74H62BN3Si. The van der Waals surface area contributed by atoms with E-state index in [4.69, 9.17) is 0 Å². The lowest BCUT2D eigenvalue weighted by Gasteiger charge is -2.52. The van der Waals surface area contributed by atoms with Crippen molar-refractivity contribution in [1.82, 2.24) is 0 Å². The van der Waals surface area contributed by atoms with Crippen LogP contribution in [0.3, 0.4) is 0 Å². The molecule has 0 aromatic heterocycles. The Morgan fingerprint density at radius 2 is 0.671 bits per heavy atom. The van der Waals surface area contributed by atoms with E-state index in [2.05, 4.69) is 323 Å². The minimum Gasteiger partial charge on any atom is -0.311 e. The topological polar surface area (TPSA) is 9.72 Å². The van der Waals surface area contributed by atoms with Gasteiger partial charge in [-0.25, -0.2) is 0 Å². The first-order chi connectivity index (χ1) is 38.5. The third-order valence-electron chi connectivity index (χ3n) is 17.0. The fourth-order valence-corrected chi connectivity index (χ4v) is 18.7. The van der Waals surface area contributed by atoms with Crippen molar-refractivity contribution in [1.29, 1.82) is 0 Å². The normalized spacial score (nSPS) is 13.7. The molecule has 0 radical (unpaired) electrons. The zero-order chi connectivity index (χ0) is 53.6. The molecule has 380 valence electrons. The van der Waals surface area contributed by atoms with Crippen molar-refractivity contribution >= 4 is 103 Å². The van der Waals surface area contributed by atoms with Crippen LogP contribution in [0.15, 0.2) is 267 Å². The molecule has 0 unspecified atom stereocenters. The first kappa shape index (κ1) is 48.5. The van der Waals surface area contributed by atoms with E-state index in [1.165, 1.54) is 93.3 Å². The van der Waals surface area contributed by atoms with Crippen LogP contribution in [0.4, 0.5) is 51.2 Å². The first-order valence-electron chi connectivity index (χ1n) is 28.0. The highest BCUT2D eigenvalue weighted by atomic mass is 28.3. The maximum atomic E-state index is 2.65. The van der Waals surface area contributed by atoms with E-state index in [0.717, 1.165) is 28.4 Å². The largest absolute Gasteiger partial charge is 0.311 e. The molecule has 0 bridgehead atoms. The average Bonchev–Trinajstić information content (AvgIpc) is 2.19. The number of hydrogen-bond donors (Lipinski definition) is 0. The summed E-state index contributed by atoms with van der Waals surface area (Å²) < 4.78 is 0. The van der Waals surface area contributed by atoms with Gasteiger partial charge >= 0.3 is 0 Å². The standard InChI is InChI=1S/C74H62BN3Si/c1-73(2,3)53-45-41-51(42-46-53)60-33-19-21-35-62(60)77-64-37-23-39-68-71(64)75-70-66(77)49-57(76(55-25-11-7-12-26-55)56-27-13-8-14-28-56)50-67(70)78(63-36-22-20-34-61(63)52-43-47-54(48-44-52)74(4,5)6)65-38-24-40-69(72(65)75)79(68,58-29-15-9-16-30-58)59-31-17-10-18-32-59/h7-50H,1-6H3. The molecule has 0 saturated heterocycles. The number of rotatable bonds is 9. The van der Waals surface area contributed by atoms with Crippen LogP contribution in [0.2, 0.25) is 0 Å². The molecule has 11 aromatic rings. The number of para-hydroxylation sites is 4. The van der Waals surface area contributed by atoms with Crippen molar-refractivity contribution in [3.05, 3.63) is 278 Å². The van der Waals surface area contributed by atoms with E-state index in [0.29, 0.717) is 0 Å². The van der Waals surface area contributed by atoms with Gasteiger partial charge in [-0.05, 0) is 131 Å². The van der Waals surface area contributed by atoms with Crippen LogP contribution in [0.5, 0.6) is 0 Å². The van der Waals surface area contributed by atoms with Crippen molar-refractivity contribution in [3.63, 3.8) is 0 Å². The first-order valence-corrected chi connectivity index (χ1v) is 30.0. The van der Waals surface area contributed by atoms with Crippen LogP contribution < -0.4 is 51.8 Å². The van der Waals surface area contributed by atoms with E-state index >= 15 is 0 Å². The summed E-state index contributed by atoms with van der Waals surface area (Å²) in [5.74, 6) is 0. The second kappa shape index (κ2) is 18.6. The Labute approximate surface area is 467 Å². The molecule has 5 heteroatoms. The molecule has 0 aliphatic carbocycles. The number of nitrogens with zero attached hydrogens (tertiary/aromatic N) is 3. The van der Waals surface area contributed by atoms with E-state index in [1.807, 2.05) is 0 Å². The molecule has 0 spiro atoms. The predicted molar refractivity (Wildman–Crippen MR) is 341 cm³/mol. The molecule has 3 nitrogen and oxygen atoms in total. The van der Waals surface area contributed by atoms with Gasteiger partial charge in [-0.2, -0.15) is 0 Å². The van der Waals surface area contributed by atoms with Crippen molar-refractivity contribution in [2.24, 2.45) is 0 Å². The summed E-state index contributed by atoms with van der Waals surface area (Å²) in [4.78, 5) is 7.76. The fraction of sp³-hybridized carbons (Fsp3) is 0.108. The summed E-state index contributed by atoms with van der Waals surface area (Å²) in [7, 11) is -3.10. The van der Waals surface area contributed by atoms with Gasteiger partial charge < -0.3 is 14.7 Å². The summed E-state index contributed by atoms with van der Waals surface area (Å²) in [5, 5.41) is 5.65. The molecule has 3 aliphatic heterocycles. The predicted octanol–water partition coefficient (Wildman–Crippen LogP) is 14.9. The van der Waals surface area contributed by atoms with Gasteiger partial charge in [0.05, 0.1) is 17.1 Å². The molecular weight excluding hydrogens is 970 g/mol. The zero-order valence-corrected chi connectivity index (χ0v) is 46.8. The molecule has 11 aromatic carbocycles. The Bertz CT molecular complexity index is 3830. The second-order valence-corrected chi connectivity index (χ2v) is 27.4. The fourth-order valence-electron chi connectivity index (χ4n) is 13.4. The molecule has 0 saturated carbocycles. The number of anilines is 9. The van der Waals surface area contributed by atoms with Crippen LogP contribution in [0.25, 0.3) is 22.3 Å². The Balaban J connectivity index is 1.15. The summed E-state index contributed by atoms with van der Waals surface area (Å²) in [6.07, 6.45) is 0. The highest BCUT2D eigenvalue weighted by Crippen LogP contribution is 2.51. The number of benzene rings is 11. The molecule has 3 aliphatic rings. The third kappa shape index (κ3) is 7.69. The van der Waals surface area contributed by atoms with Crippen molar-refractivity contribution < 1.29 is 0 Å². The lowest BCUT2D eigenvalue weighted by atomic mass is 9.33. The Morgan fingerprint density at radius 3 is 1.06 bits per heavy atom. The van der Waals surface area contributed by atoms with Crippen LogP contribution in [0.1, 0.15) is 52.7 Å². The minimum absolute atomic E-state index is 0.0231. The molecule has 3 heterocycles. The highest BCUT2D eigenvalue weighted by molar-refractivity contribution is 7.27. The molecule has 0 fully saturated rings. The maximum Gasteiger partial charge on any atom is 0.251 e. The quantitative estimate of drug-likeness (QED) is 0.133. The van der Waals surface area contributed by atoms with Crippen molar-refractivity contribution in [2.45, 2.75) is 52.4 Å². The summed E-state index contributed by atoms with van der Waals surface area (Å²) in [6, 6.07) is 101. The molecule has 0 N–H and O–H groups in total. The van der Waals surface area contributed by atoms with Crippen molar-refractivity contribution in [3.8, 4) is 22.3 Å². The van der Waals surface area contributed by atoms with Gasteiger partial charge in [-0.15, -0.1) is 0 Å². The molecule has 0 atom stereocenters. The lowest BCUT2D eigenvalue weighted by molar-refractivity contribution is 0.590. The van der Waals surface area contributed by atoms with Gasteiger partial charge in [0.2, 0.25) is 0 Å².